The van der Waals surface area contributed by atoms with Gasteiger partial charge in [-0.15, -0.1) is 0 Å². The Hall–Kier alpha value is -1.22. The van der Waals surface area contributed by atoms with Crippen molar-refractivity contribution in [2.24, 2.45) is 0 Å². The van der Waals surface area contributed by atoms with Crippen LogP contribution in [0.25, 0.3) is 0 Å². The van der Waals surface area contributed by atoms with E-state index in [1.54, 1.807) is 0 Å². The lowest BCUT2D eigenvalue weighted by Crippen LogP contribution is -2.10. The molecule has 0 aliphatic rings. The molecule has 0 heterocycles. The quantitative estimate of drug-likeness (QED) is 0.249. The highest BCUT2D eigenvalue weighted by atomic mass is 16.5. The minimum absolute atomic E-state index is 0.857. The second-order valence-electron chi connectivity index (χ2n) is 7.73. The summed E-state index contributed by atoms with van der Waals surface area (Å²) in [6, 6.07) is 6.19. The second kappa shape index (κ2) is 16.7. The molecule has 3 nitrogen and oxygen atoms in total. The first-order valence-corrected chi connectivity index (χ1v) is 11.0. The van der Waals surface area contributed by atoms with Crippen molar-refractivity contribution in [2.75, 3.05) is 14.1 Å². The van der Waals surface area contributed by atoms with E-state index in [1.165, 1.54) is 56.9 Å². The second-order valence-corrected chi connectivity index (χ2v) is 7.73. The molecule has 3 heteroatoms. The Morgan fingerprint density at radius 2 is 1.18 bits per heavy atom. The van der Waals surface area contributed by atoms with Gasteiger partial charge in [0.2, 0.25) is 0 Å². The summed E-state index contributed by atoms with van der Waals surface area (Å²) in [4.78, 5) is 2.15. The molecule has 0 bridgehead atoms. The van der Waals surface area contributed by atoms with E-state index >= 15 is 0 Å². The van der Waals surface area contributed by atoms with E-state index in [2.05, 4.69) is 45.0 Å². The van der Waals surface area contributed by atoms with Gasteiger partial charge in [-0.3, -0.25) is 0 Å². The fourth-order valence-corrected chi connectivity index (χ4v) is 3.05. The molecule has 0 aromatic heterocycles. The van der Waals surface area contributed by atoms with Crippen molar-refractivity contribution < 1.29 is 9.47 Å². The minimum atomic E-state index is 0.857. The third-order valence-electron chi connectivity index (χ3n) is 4.52. The van der Waals surface area contributed by atoms with Crippen LogP contribution in [0.3, 0.4) is 0 Å². The Labute approximate surface area is 174 Å². The Morgan fingerprint density at radius 3 is 1.61 bits per heavy atom. The lowest BCUT2D eigenvalue weighted by atomic mass is 10.1. The first kappa shape index (κ1) is 24.8. The zero-order chi connectivity index (χ0) is 20.5. The predicted octanol–water partition coefficient (Wildman–Crippen LogP) is 7.18. The topological polar surface area (TPSA) is 21.7 Å². The molecule has 0 aliphatic carbocycles. The van der Waals surface area contributed by atoms with E-state index in [1.807, 2.05) is 19.3 Å². The summed E-state index contributed by atoms with van der Waals surface area (Å²) >= 11 is 0. The number of ether oxygens (including phenoxy) is 2. The van der Waals surface area contributed by atoms with Crippen molar-refractivity contribution in [3.63, 3.8) is 0 Å². The van der Waals surface area contributed by atoms with Gasteiger partial charge < -0.3 is 14.4 Å². The number of nitrogens with zero attached hydrogens (tertiary/aromatic N) is 1. The summed E-state index contributed by atoms with van der Waals surface area (Å²) in [6.45, 7) is 12.5. The smallest absolute Gasteiger partial charge is 0.135 e. The summed E-state index contributed by atoms with van der Waals surface area (Å²) in [5.74, 6) is 1.71. The third-order valence-corrected chi connectivity index (χ3v) is 4.52. The molecule has 1 rings (SSSR count). The number of hydrogen-bond donors (Lipinski definition) is 0. The van der Waals surface area contributed by atoms with Gasteiger partial charge in [0.05, 0.1) is 0 Å². The SMILES string of the molecule is [CH2]CCCCCC[CH]Oc1cc(CN(C)C)cc(O[CH]CCCCCC[CH2])c1. The molecule has 0 unspecified atom stereocenters. The lowest BCUT2D eigenvalue weighted by Gasteiger charge is -2.14. The first-order valence-electron chi connectivity index (χ1n) is 11.0. The zero-order valence-corrected chi connectivity index (χ0v) is 18.3. The fraction of sp³-hybridized carbons (Fsp3) is 0.600. The molecule has 1 aromatic rings. The third kappa shape index (κ3) is 13.0. The van der Waals surface area contributed by atoms with Gasteiger partial charge >= 0.3 is 0 Å². The van der Waals surface area contributed by atoms with Crippen molar-refractivity contribution in [2.45, 2.75) is 83.6 Å². The van der Waals surface area contributed by atoms with Gasteiger partial charge in [0.1, 0.15) is 24.7 Å². The lowest BCUT2D eigenvalue weighted by molar-refractivity contribution is 0.361. The van der Waals surface area contributed by atoms with E-state index in [-0.39, 0.29) is 0 Å². The number of rotatable bonds is 18. The van der Waals surface area contributed by atoms with Crippen molar-refractivity contribution >= 4 is 0 Å². The van der Waals surface area contributed by atoms with Crippen LogP contribution in [-0.2, 0) is 6.54 Å². The van der Waals surface area contributed by atoms with Crippen LogP contribution in [0.15, 0.2) is 18.2 Å². The van der Waals surface area contributed by atoms with Crippen LogP contribution in [0.4, 0.5) is 0 Å². The highest BCUT2D eigenvalue weighted by Crippen LogP contribution is 2.26. The minimum Gasteiger partial charge on any atom is -0.486 e. The molecular weight excluding hydrogens is 346 g/mol. The Balaban J connectivity index is 2.41. The number of hydrogen-bond acceptors (Lipinski definition) is 3. The van der Waals surface area contributed by atoms with Crippen molar-refractivity contribution in [3.8, 4) is 11.5 Å². The summed E-state index contributed by atoms with van der Waals surface area (Å²) < 4.78 is 11.8. The summed E-state index contributed by atoms with van der Waals surface area (Å²) in [7, 11) is 4.15. The van der Waals surface area contributed by atoms with Gasteiger partial charge in [0.25, 0.3) is 0 Å². The maximum absolute atomic E-state index is 5.89. The molecular formula is C25H41NO2. The molecule has 0 amide bonds. The molecule has 0 fully saturated rings. The standard InChI is InChI=1S/C25H41NO2/c1-5-7-9-11-13-15-17-27-24-19-23(22-26(3)4)20-25(21-24)28-18-16-14-12-10-8-6-2/h17-21H,1-2,5-16,22H2,3-4H3. The van der Waals surface area contributed by atoms with Crippen molar-refractivity contribution in [3.05, 3.63) is 50.8 Å². The molecule has 0 saturated heterocycles. The maximum Gasteiger partial charge on any atom is 0.135 e. The highest BCUT2D eigenvalue weighted by Gasteiger charge is 2.06. The van der Waals surface area contributed by atoms with Gasteiger partial charge in [-0.05, 0) is 57.5 Å². The average molecular weight is 388 g/mol. The Kier molecular flexibility index (Phi) is 14.8. The van der Waals surface area contributed by atoms with Gasteiger partial charge in [-0.1, -0.05) is 65.2 Å². The van der Waals surface area contributed by atoms with E-state index in [4.69, 9.17) is 9.47 Å². The van der Waals surface area contributed by atoms with Crippen LogP contribution in [0.5, 0.6) is 11.5 Å². The monoisotopic (exact) mass is 387 g/mol. The molecule has 0 N–H and O–H groups in total. The number of benzene rings is 1. The Bertz CT molecular complexity index is 451. The molecule has 0 spiro atoms. The predicted molar refractivity (Wildman–Crippen MR) is 120 cm³/mol. The molecule has 0 aliphatic heterocycles. The average Bonchev–Trinajstić information content (AvgIpc) is 2.66. The highest BCUT2D eigenvalue weighted by molar-refractivity contribution is 5.39. The summed E-state index contributed by atoms with van der Waals surface area (Å²) in [5, 5.41) is 0. The van der Waals surface area contributed by atoms with E-state index in [9.17, 15) is 0 Å². The van der Waals surface area contributed by atoms with Crippen molar-refractivity contribution in [1.29, 1.82) is 0 Å². The summed E-state index contributed by atoms with van der Waals surface area (Å²) in [5.41, 5.74) is 1.20. The van der Waals surface area contributed by atoms with Crippen LogP contribution in [0, 0.1) is 27.1 Å². The molecule has 28 heavy (non-hydrogen) atoms. The van der Waals surface area contributed by atoms with Crippen LogP contribution in [0.1, 0.15) is 82.6 Å². The van der Waals surface area contributed by atoms with Gasteiger partial charge in [-0.25, -0.2) is 0 Å². The van der Waals surface area contributed by atoms with Crippen LogP contribution < -0.4 is 9.47 Å². The van der Waals surface area contributed by atoms with Crippen LogP contribution in [0.2, 0.25) is 0 Å². The summed E-state index contributed by atoms with van der Waals surface area (Å²) in [6.07, 6.45) is 13.8. The number of unbranched alkanes of at least 4 members (excludes halogenated alkanes) is 10. The van der Waals surface area contributed by atoms with E-state index < -0.39 is 0 Å². The molecule has 4 radical (unpaired) electrons. The molecule has 158 valence electrons. The molecule has 0 atom stereocenters. The van der Waals surface area contributed by atoms with Gasteiger partial charge in [-0.2, -0.15) is 0 Å². The normalized spacial score (nSPS) is 11.2. The van der Waals surface area contributed by atoms with Crippen LogP contribution in [-0.4, -0.2) is 19.0 Å². The Morgan fingerprint density at radius 1 is 0.714 bits per heavy atom. The zero-order valence-electron chi connectivity index (χ0n) is 18.3. The molecule has 0 saturated carbocycles. The van der Waals surface area contributed by atoms with Gasteiger partial charge in [0, 0.05) is 12.6 Å². The van der Waals surface area contributed by atoms with E-state index in [0.29, 0.717) is 0 Å². The maximum atomic E-state index is 5.89. The van der Waals surface area contributed by atoms with Gasteiger partial charge in [0.15, 0.2) is 0 Å². The molecule has 1 aromatic carbocycles. The largest absolute Gasteiger partial charge is 0.486 e. The first-order chi connectivity index (χ1) is 13.7. The fourth-order valence-electron chi connectivity index (χ4n) is 3.05. The van der Waals surface area contributed by atoms with E-state index in [0.717, 1.165) is 43.7 Å². The van der Waals surface area contributed by atoms with Crippen molar-refractivity contribution in [1.82, 2.24) is 4.90 Å². The van der Waals surface area contributed by atoms with Crippen LogP contribution >= 0.6 is 0 Å².